The van der Waals surface area contributed by atoms with E-state index in [4.69, 9.17) is 0 Å². The third-order valence-corrected chi connectivity index (χ3v) is 14.5. The van der Waals surface area contributed by atoms with Crippen molar-refractivity contribution >= 4 is 5.97 Å². The van der Waals surface area contributed by atoms with Crippen molar-refractivity contribution in [1.82, 2.24) is 0 Å². The maximum atomic E-state index is 12.7. The van der Waals surface area contributed by atoms with Crippen LogP contribution in [-0.4, -0.2) is 68.1 Å². The fourth-order valence-corrected chi connectivity index (χ4v) is 11.9. The Balaban J connectivity index is 1.39. The molecular formula is C35H58O7. The Hall–Kier alpha value is -0.990. The lowest BCUT2D eigenvalue weighted by Crippen LogP contribution is -2.61. The zero-order valence-corrected chi connectivity index (χ0v) is 26.6. The first kappa shape index (κ1) is 32.4. The molecule has 0 radical (unpaired) electrons. The third kappa shape index (κ3) is 4.83. The number of carbonyl (C=O) groups is 1. The van der Waals surface area contributed by atoms with Crippen LogP contribution >= 0.6 is 0 Å². The Labute approximate surface area is 252 Å². The molecule has 0 aromatic heterocycles. The van der Waals surface area contributed by atoms with Crippen LogP contribution in [0.1, 0.15) is 105 Å². The number of allylic oxidation sites excluding steroid dienone is 2. The number of fused-ring (bicyclic) bond motifs is 7. The number of aliphatic hydroxyl groups excluding tert-OH is 5. The number of hydrogen-bond acceptors (Lipinski definition) is 6. The smallest absolute Gasteiger partial charge is 0.310 e. The molecule has 42 heavy (non-hydrogen) atoms. The minimum atomic E-state index is -1.50. The number of aliphatic hydroxyl groups is 5. The third-order valence-electron chi connectivity index (χ3n) is 14.5. The molecule has 6 N–H and O–H groups in total. The van der Waals surface area contributed by atoms with Crippen LogP contribution in [0.15, 0.2) is 11.6 Å². The van der Waals surface area contributed by atoms with Crippen molar-refractivity contribution in [1.29, 1.82) is 0 Å². The van der Waals surface area contributed by atoms with Gasteiger partial charge >= 0.3 is 5.97 Å². The summed E-state index contributed by atoms with van der Waals surface area (Å²) >= 11 is 0. The van der Waals surface area contributed by atoms with Gasteiger partial charge in [-0.25, -0.2) is 0 Å². The van der Waals surface area contributed by atoms with Gasteiger partial charge in [0.1, 0.15) is 12.2 Å². The summed E-state index contributed by atoms with van der Waals surface area (Å²) < 4.78 is 0. The SMILES string of the molecule is CC1CCC2(C(=O)O)CCC3C(=CCC4C3(C)CCC3C(C)(C)C(CC(CO)C(O)C(O)C(O)CO)CCC34C)C2C1. The van der Waals surface area contributed by atoms with Crippen molar-refractivity contribution in [2.24, 2.45) is 63.1 Å². The van der Waals surface area contributed by atoms with Gasteiger partial charge in [0.2, 0.25) is 0 Å². The van der Waals surface area contributed by atoms with E-state index >= 15 is 0 Å². The van der Waals surface area contributed by atoms with Crippen LogP contribution < -0.4 is 0 Å². The fourth-order valence-electron chi connectivity index (χ4n) is 11.9. The largest absolute Gasteiger partial charge is 0.481 e. The maximum absolute atomic E-state index is 12.7. The standard InChI is InChI=1S/C35H58O7/c1-20-8-14-35(31(41)42)15-10-24-23(25(35)16-20)6-7-28-33(24,4)13-11-27-32(2,3)22(9-12-34(27,28)5)17-21(18-36)29(39)30(40)26(38)19-37/h6,20-22,24-30,36-40H,7-19H2,1-5H3,(H,41,42). The fraction of sp³-hybridized carbons (Fsp3) is 0.914. The molecule has 0 spiro atoms. The minimum absolute atomic E-state index is 0.0319. The summed E-state index contributed by atoms with van der Waals surface area (Å²) in [7, 11) is 0. The Bertz CT molecular complexity index is 1040. The van der Waals surface area contributed by atoms with Crippen LogP contribution in [0.4, 0.5) is 0 Å². The first-order chi connectivity index (χ1) is 19.7. The molecule has 4 fully saturated rings. The van der Waals surface area contributed by atoms with Crippen molar-refractivity contribution in [3.8, 4) is 0 Å². The molecule has 4 saturated carbocycles. The highest BCUT2D eigenvalue weighted by molar-refractivity contribution is 5.76. The molecule has 240 valence electrons. The van der Waals surface area contributed by atoms with Gasteiger partial charge in [0.15, 0.2) is 0 Å². The molecule has 0 aliphatic heterocycles. The van der Waals surface area contributed by atoms with E-state index in [9.17, 15) is 35.4 Å². The molecular weight excluding hydrogens is 532 g/mol. The quantitative estimate of drug-likeness (QED) is 0.224. The number of carboxylic acid groups (broad SMARTS) is 1. The van der Waals surface area contributed by atoms with Gasteiger partial charge < -0.3 is 30.6 Å². The summed E-state index contributed by atoms with van der Waals surface area (Å²) in [5.74, 6) is 1.35. The molecule has 0 heterocycles. The highest BCUT2D eigenvalue weighted by Gasteiger charge is 2.65. The number of aliphatic carboxylic acids is 1. The second-order valence-electron chi connectivity index (χ2n) is 16.5. The lowest BCUT2D eigenvalue weighted by Gasteiger charge is -2.68. The van der Waals surface area contributed by atoms with Crippen LogP contribution in [0.2, 0.25) is 0 Å². The second kappa shape index (κ2) is 11.4. The number of hydrogen-bond donors (Lipinski definition) is 6. The molecule has 13 unspecified atom stereocenters. The van der Waals surface area contributed by atoms with Crippen molar-refractivity contribution in [3.05, 3.63) is 11.6 Å². The van der Waals surface area contributed by atoms with E-state index in [-0.39, 0.29) is 34.7 Å². The highest BCUT2D eigenvalue weighted by Crippen LogP contribution is 2.72. The van der Waals surface area contributed by atoms with Gasteiger partial charge in [-0.1, -0.05) is 46.3 Å². The predicted molar refractivity (Wildman–Crippen MR) is 161 cm³/mol. The van der Waals surface area contributed by atoms with Gasteiger partial charge in [0.05, 0.1) is 18.1 Å². The molecule has 5 aliphatic carbocycles. The van der Waals surface area contributed by atoms with Crippen molar-refractivity contribution in [2.45, 2.75) is 124 Å². The van der Waals surface area contributed by atoms with E-state index in [1.807, 2.05) is 0 Å². The lowest BCUT2D eigenvalue weighted by atomic mass is 9.36. The van der Waals surface area contributed by atoms with E-state index in [1.54, 1.807) is 0 Å². The van der Waals surface area contributed by atoms with E-state index < -0.39 is 42.2 Å². The van der Waals surface area contributed by atoms with E-state index in [0.29, 0.717) is 30.1 Å². The summed E-state index contributed by atoms with van der Waals surface area (Å²) in [5.41, 5.74) is 1.19. The molecule has 0 saturated heterocycles. The van der Waals surface area contributed by atoms with Crippen molar-refractivity contribution in [3.63, 3.8) is 0 Å². The zero-order chi connectivity index (χ0) is 30.8. The van der Waals surface area contributed by atoms with Crippen LogP contribution in [0.5, 0.6) is 0 Å². The first-order valence-corrected chi connectivity index (χ1v) is 16.9. The summed E-state index contributed by atoms with van der Waals surface area (Å²) in [6.45, 7) is 11.1. The molecule has 0 aromatic rings. The van der Waals surface area contributed by atoms with E-state index in [0.717, 1.165) is 64.2 Å². The first-order valence-electron chi connectivity index (χ1n) is 16.9. The topological polar surface area (TPSA) is 138 Å². The average molecular weight is 591 g/mol. The predicted octanol–water partition coefficient (Wildman–Crippen LogP) is 4.78. The van der Waals surface area contributed by atoms with Crippen LogP contribution in [0.25, 0.3) is 0 Å². The van der Waals surface area contributed by atoms with Crippen molar-refractivity contribution < 1.29 is 35.4 Å². The summed E-state index contributed by atoms with van der Waals surface area (Å²) in [4.78, 5) is 12.7. The normalized spacial score (nSPS) is 45.6. The Morgan fingerprint density at radius 3 is 2.17 bits per heavy atom. The summed E-state index contributed by atoms with van der Waals surface area (Å²) in [6.07, 6.45) is 8.84. The molecule has 7 heteroatoms. The number of rotatable bonds is 8. The van der Waals surface area contributed by atoms with Crippen LogP contribution in [0, 0.1) is 63.1 Å². The highest BCUT2D eigenvalue weighted by atomic mass is 16.4. The summed E-state index contributed by atoms with van der Waals surface area (Å²) in [5, 5.41) is 60.9. The zero-order valence-electron chi connectivity index (χ0n) is 26.6. The van der Waals surface area contributed by atoms with E-state index in [2.05, 4.69) is 40.7 Å². The lowest BCUT2D eigenvalue weighted by molar-refractivity contribution is -0.180. The van der Waals surface area contributed by atoms with Crippen LogP contribution in [0.3, 0.4) is 0 Å². The monoisotopic (exact) mass is 590 g/mol. The van der Waals surface area contributed by atoms with Crippen LogP contribution in [-0.2, 0) is 4.79 Å². The molecule has 0 bridgehead atoms. The Morgan fingerprint density at radius 2 is 1.52 bits per heavy atom. The van der Waals surface area contributed by atoms with Crippen molar-refractivity contribution in [2.75, 3.05) is 13.2 Å². The van der Waals surface area contributed by atoms with E-state index in [1.165, 1.54) is 5.57 Å². The molecule has 0 aromatic carbocycles. The maximum Gasteiger partial charge on any atom is 0.310 e. The molecule has 7 nitrogen and oxygen atoms in total. The Kier molecular flexibility index (Phi) is 8.81. The number of carboxylic acids is 1. The second-order valence-corrected chi connectivity index (χ2v) is 16.5. The van der Waals surface area contributed by atoms with Gasteiger partial charge in [0.25, 0.3) is 0 Å². The van der Waals surface area contributed by atoms with Gasteiger partial charge in [-0.15, -0.1) is 0 Å². The van der Waals surface area contributed by atoms with Gasteiger partial charge in [-0.2, -0.15) is 0 Å². The van der Waals surface area contributed by atoms with Gasteiger partial charge in [0, 0.05) is 12.5 Å². The Morgan fingerprint density at radius 1 is 0.857 bits per heavy atom. The molecule has 0 amide bonds. The molecule has 5 aliphatic rings. The minimum Gasteiger partial charge on any atom is -0.481 e. The van der Waals surface area contributed by atoms with Gasteiger partial charge in [-0.05, 0) is 122 Å². The summed E-state index contributed by atoms with van der Waals surface area (Å²) in [6, 6.07) is 0. The molecule has 13 atom stereocenters. The van der Waals surface area contributed by atoms with Gasteiger partial charge in [-0.3, -0.25) is 4.79 Å². The molecule has 5 rings (SSSR count). The average Bonchev–Trinajstić information content (AvgIpc) is 2.95.